The van der Waals surface area contributed by atoms with Gasteiger partial charge in [-0.1, -0.05) is 29.4 Å². The summed E-state index contributed by atoms with van der Waals surface area (Å²) in [4.78, 5) is 0.141. The highest BCUT2D eigenvalue weighted by Gasteiger charge is 2.25. The molecule has 0 amide bonds. The van der Waals surface area contributed by atoms with Crippen LogP contribution in [-0.4, -0.2) is 44.2 Å². The van der Waals surface area contributed by atoms with E-state index in [9.17, 15) is 16.8 Å². The van der Waals surface area contributed by atoms with Gasteiger partial charge in [0.2, 0.25) is 10.0 Å². The van der Waals surface area contributed by atoms with Gasteiger partial charge in [0.15, 0.2) is 0 Å². The number of nitrogens with two attached hydrogens (primary N) is 1. The third kappa shape index (κ3) is 4.44. The molecule has 0 bridgehead atoms. The van der Waals surface area contributed by atoms with Crippen LogP contribution in [0.25, 0.3) is 0 Å². The molecule has 2 aromatic carbocycles. The lowest BCUT2D eigenvalue weighted by molar-refractivity contribution is 0.414. The van der Waals surface area contributed by atoms with Crippen molar-refractivity contribution in [3.05, 3.63) is 54.1 Å². The first kappa shape index (κ1) is 19.7. The van der Waals surface area contributed by atoms with Crippen molar-refractivity contribution in [3.8, 4) is 5.75 Å². The van der Waals surface area contributed by atoms with Gasteiger partial charge in [-0.3, -0.25) is 0 Å². The molecule has 0 fully saturated rings. The van der Waals surface area contributed by atoms with Crippen molar-refractivity contribution in [2.24, 2.45) is 5.14 Å². The third-order valence-corrected chi connectivity index (χ3v) is 6.09. The molecule has 0 saturated heterocycles. The van der Waals surface area contributed by atoms with Crippen molar-refractivity contribution in [2.45, 2.75) is 16.3 Å². The van der Waals surface area contributed by atoms with Crippen LogP contribution in [0.2, 0.25) is 0 Å². The molecule has 0 spiro atoms. The van der Waals surface area contributed by atoms with Crippen molar-refractivity contribution in [3.63, 3.8) is 0 Å². The Morgan fingerprint density at radius 1 is 1.04 bits per heavy atom. The first-order valence-electron chi connectivity index (χ1n) is 7.74. The highest BCUT2D eigenvalue weighted by atomic mass is 32.2. The molecule has 0 aliphatic heterocycles. The second-order valence-corrected chi connectivity index (χ2v) is 8.77. The molecule has 0 aliphatic rings. The van der Waals surface area contributed by atoms with Gasteiger partial charge in [-0.25, -0.2) is 26.7 Å². The maximum atomic E-state index is 12.5. The second-order valence-electron chi connectivity index (χ2n) is 5.59. The molecular weight excluding hydrogens is 408 g/mol. The van der Waals surface area contributed by atoms with Crippen molar-refractivity contribution in [1.82, 2.24) is 20.2 Å². The van der Waals surface area contributed by atoms with E-state index in [2.05, 4.69) is 20.1 Å². The summed E-state index contributed by atoms with van der Waals surface area (Å²) >= 11 is 0. The summed E-state index contributed by atoms with van der Waals surface area (Å²) in [5, 5.41) is 16.4. The number of ether oxygens (including phenoxy) is 1. The summed E-state index contributed by atoms with van der Waals surface area (Å²) in [5.41, 5.74) is 0.840. The fraction of sp³-hybridized carbons (Fsp3) is 0.133. The number of hydrogen-bond acceptors (Lipinski definition) is 8. The topological polar surface area (TPSA) is 159 Å². The van der Waals surface area contributed by atoms with Gasteiger partial charge in [0.05, 0.1) is 13.7 Å². The molecule has 28 heavy (non-hydrogen) atoms. The number of benzene rings is 2. The minimum Gasteiger partial charge on any atom is -0.497 e. The molecule has 1 heterocycles. The lowest BCUT2D eigenvalue weighted by Crippen LogP contribution is -2.21. The smallest absolute Gasteiger partial charge is 0.277 e. The van der Waals surface area contributed by atoms with Gasteiger partial charge in [0.1, 0.15) is 15.5 Å². The number of rotatable bonds is 7. The van der Waals surface area contributed by atoms with Gasteiger partial charge in [-0.15, -0.1) is 5.10 Å². The average molecular weight is 424 g/mol. The lowest BCUT2D eigenvalue weighted by Gasteiger charge is -2.08. The first-order valence-corrected chi connectivity index (χ1v) is 10.8. The standard InChI is InChI=1S/C15H16N6O5S2/c1-26-12-8-6-11(7-9-12)10-21-18-15(17-20-21)19-28(24,25)14-5-3-2-4-13(14)27(16,22)23/h2-9H,10H2,1H3,(H,18,19)(H2,16,22,23). The maximum absolute atomic E-state index is 12.5. The summed E-state index contributed by atoms with van der Waals surface area (Å²) in [6, 6.07) is 12.1. The van der Waals surface area contributed by atoms with Crippen LogP contribution in [0.5, 0.6) is 5.75 Å². The Hall–Kier alpha value is -3.03. The normalized spacial score (nSPS) is 11.9. The van der Waals surface area contributed by atoms with Crippen LogP contribution in [0.15, 0.2) is 58.3 Å². The van der Waals surface area contributed by atoms with Crippen molar-refractivity contribution in [1.29, 1.82) is 0 Å². The van der Waals surface area contributed by atoms with Gasteiger partial charge in [0.25, 0.3) is 16.0 Å². The Kier molecular flexibility index (Phi) is 5.31. The number of primary sulfonamides is 1. The number of nitrogens with zero attached hydrogens (tertiary/aromatic N) is 4. The van der Waals surface area contributed by atoms with Gasteiger partial charge >= 0.3 is 0 Å². The number of methoxy groups -OCH3 is 1. The van der Waals surface area contributed by atoms with Crippen LogP contribution < -0.4 is 14.6 Å². The number of tetrazole rings is 1. The van der Waals surface area contributed by atoms with Crippen LogP contribution in [0.3, 0.4) is 0 Å². The number of hydrogen-bond donors (Lipinski definition) is 2. The van der Waals surface area contributed by atoms with Crippen LogP contribution >= 0.6 is 0 Å². The number of aromatic nitrogens is 4. The van der Waals surface area contributed by atoms with Crippen LogP contribution in [0, 0.1) is 0 Å². The highest BCUT2D eigenvalue weighted by molar-refractivity contribution is 7.94. The Bertz CT molecular complexity index is 1190. The molecule has 0 aliphatic carbocycles. The predicted molar refractivity (Wildman–Crippen MR) is 98.5 cm³/mol. The van der Waals surface area contributed by atoms with E-state index in [0.29, 0.717) is 5.75 Å². The quantitative estimate of drug-likeness (QED) is 0.543. The first-order chi connectivity index (χ1) is 13.2. The zero-order chi connectivity index (χ0) is 20.4. The minimum atomic E-state index is -4.30. The van der Waals surface area contributed by atoms with Gasteiger partial charge in [0, 0.05) is 0 Å². The van der Waals surface area contributed by atoms with Crippen LogP contribution in [-0.2, 0) is 26.6 Å². The molecule has 3 rings (SSSR count). The fourth-order valence-corrected chi connectivity index (χ4v) is 4.64. The number of sulfonamides is 2. The Labute approximate surface area is 161 Å². The van der Waals surface area contributed by atoms with Crippen LogP contribution in [0.1, 0.15) is 5.56 Å². The lowest BCUT2D eigenvalue weighted by atomic mass is 10.2. The molecule has 1 aromatic heterocycles. The van der Waals surface area contributed by atoms with E-state index in [1.807, 2.05) is 0 Å². The zero-order valence-electron chi connectivity index (χ0n) is 14.5. The molecule has 3 N–H and O–H groups in total. The maximum Gasteiger partial charge on any atom is 0.277 e. The Morgan fingerprint density at radius 3 is 2.29 bits per heavy atom. The Balaban J connectivity index is 1.81. The molecule has 13 heteroatoms. The summed E-state index contributed by atoms with van der Waals surface area (Å²) in [7, 11) is -6.98. The molecule has 0 radical (unpaired) electrons. The highest BCUT2D eigenvalue weighted by Crippen LogP contribution is 2.21. The molecule has 3 aromatic rings. The number of anilines is 1. The molecule has 11 nitrogen and oxygen atoms in total. The van der Waals surface area contributed by atoms with E-state index in [4.69, 9.17) is 9.88 Å². The van der Waals surface area contributed by atoms with Crippen molar-refractivity contribution >= 4 is 26.0 Å². The molecule has 0 saturated carbocycles. The van der Waals surface area contributed by atoms with Crippen molar-refractivity contribution < 1.29 is 21.6 Å². The Morgan fingerprint density at radius 2 is 1.68 bits per heavy atom. The zero-order valence-corrected chi connectivity index (χ0v) is 16.2. The number of nitrogens with one attached hydrogen (secondary N) is 1. The summed E-state index contributed by atoms with van der Waals surface area (Å²) in [6.07, 6.45) is 0. The van der Waals surface area contributed by atoms with E-state index < -0.39 is 29.8 Å². The largest absolute Gasteiger partial charge is 0.497 e. The van der Waals surface area contributed by atoms with E-state index >= 15 is 0 Å². The third-order valence-electron chi connectivity index (χ3n) is 3.61. The summed E-state index contributed by atoms with van der Waals surface area (Å²) in [6.45, 7) is 0.243. The minimum absolute atomic E-state index is 0.243. The molecule has 0 unspecified atom stereocenters. The molecular formula is C15H16N6O5S2. The van der Waals surface area contributed by atoms with E-state index in [-0.39, 0.29) is 12.5 Å². The van der Waals surface area contributed by atoms with Gasteiger partial charge in [-0.2, -0.15) is 4.80 Å². The van der Waals surface area contributed by atoms with E-state index in [0.717, 1.165) is 17.7 Å². The van der Waals surface area contributed by atoms with Gasteiger partial charge in [-0.05, 0) is 35.0 Å². The predicted octanol–water partition coefficient (Wildman–Crippen LogP) is 0.178. The summed E-state index contributed by atoms with van der Waals surface area (Å²) in [5.74, 6) is 0.384. The van der Waals surface area contributed by atoms with Crippen molar-refractivity contribution in [2.75, 3.05) is 11.8 Å². The molecule has 0 atom stereocenters. The average Bonchev–Trinajstić information content (AvgIpc) is 3.08. The SMILES string of the molecule is COc1ccc(Cn2nnc(NS(=O)(=O)c3ccccc3S(N)(=O)=O)n2)cc1. The van der Waals surface area contributed by atoms with Crippen LogP contribution in [0.4, 0.5) is 5.95 Å². The fourth-order valence-electron chi connectivity index (χ4n) is 2.33. The van der Waals surface area contributed by atoms with E-state index in [1.54, 1.807) is 31.4 Å². The summed E-state index contributed by atoms with van der Waals surface area (Å²) < 4.78 is 55.5. The second kappa shape index (κ2) is 7.53. The monoisotopic (exact) mass is 424 g/mol. The van der Waals surface area contributed by atoms with Gasteiger partial charge < -0.3 is 4.74 Å². The van der Waals surface area contributed by atoms with E-state index in [1.165, 1.54) is 16.9 Å². The molecule has 148 valence electrons.